The summed E-state index contributed by atoms with van der Waals surface area (Å²) in [7, 11) is 0. The molecule has 0 spiro atoms. The SMILES string of the molecule is [N-]=[N+]=NCc1cc(Cl)cc(Cl)n1. The van der Waals surface area contributed by atoms with Crippen LogP contribution in [0.15, 0.2) is 17.2 Å². The summed E-state index contributed by atoms with van der Waals surface area (Å²) >= 11 is 11.3. The number of hydrogen-bond acceptors (Lipinski definition) is 2. The van der Waals surface area contributed by atoms with E-state index >= 15 is 0 Å². The highest BCUT2D eigenvalue weighted by molar-refractivity contribution is 6.33. The van der Waals surface area contributed by atoms with E-state index in [1.54, 1.807) is 6.07 Å². The molecule has 0 aliphatic rings. The molecule has 1 aromatic heterocycles. The molecule has 0 aliphatic carbocycles. The van der Waals surface area contributed by atoms with Crippen molar-refractivity contribution in [2.45, 2.75) is 6.54 Å². The smallest absolute Gasteiger partial charge is 0.130 e. The lowest BCUT2D eigenvalue weighted by Crippen LogP contribution is -1.86. The van der Waals surface area contributed by atoms with Gasteiger partial charge in [0.2, 0.25) is 0 Å². The molecular weight excluding hydrogens is 199 g/mol. The van der Waals surface area contributed by atoms with Crippen LogP contribution in [-0.2, 0) is 6.54 Å². The summed E-state index contributed by atoms with van der Waals surface area (Å²) in [6, 6.07) is 3.12. The van der Waals surface area contributed by atoms with Crippen molar-refractivity contribution in [1.29, 1.82) is 0 Å². The zero-order valence-electron chi connectivity index (χ0n) is 5.91. The number of aromatic nitrogens is 1. The van der Waals surface area contributed by atoms with Crippen molar-refractivity contribution < 1.29 is 0 Å². The van der Waals surface area contributed by atoms with E-state index in [4.69, 9.17) is 28.7 Å². The summed E-state index contributed by atoms with van der Waals surface area (Å²) in [5, 5.41) is 4.11. The van der Waals surface area contributed by atoms with Gasteiger partial charge in [-0.25, -0.2) is 4.98 Å². The number of rotatable bonds is 2. The Bertz CT molecular complexity index is 312. The predicted molar refractivity (Wildman–Crippen MR) is 47.1 cm³/mol. The predicted octanol–water partition coefficient (Wildman–Crippen LogP) is 3.20. The van der Waals surface area contributed by atoms with Crippen LogP contribution in [0.3, 0.4) is 0 Å². The van der Waals surface area contributed by atoms with Gasteiger partial charge in [-0.3, -0.25) is 0 Å². The first kappa shape index (κ1) is 9.13. The van der Waals surface area contributed by atoms with Crippen molar-refractivity contribution in [3.05, 3.63) is 38.4 Å². The van der Waals surface area contributed by atoms with Crippen LogP contribution in [0.1, 0.15) is 5.69 Å². The van der Waals surface area contributed by atoms with Crippen LogP contribution in [-0.4, -0.2) is 4.98 Å². The molecule has 1 rings (SSSR count). The van der Waals surface area contributed by atoms with Gasteiger partial charge >= 0.3 is 0 Å². The van der Waals surface area contributed by atoms with Crippen LogP contribution in [0, 0.1) is 0 Å². The summed E-state index contributed by atoms with van der Waals surface area (Å²) in [6.45, 7) is 0.163. The second-order valence-electron chi connectivity index (χ2n) is 1.99. The minimum absolute atomic E-state index is 0.163. The molecule has 0 saturated heterocycles. The fraction of sp³-hybridized carbons (Fsp3) is 0.167. The van der Waals surface area contributed by atoms with Crippen molar-refractivity contribution in [1.82, 2.24) is 4.98 Å². The maximum absolute atomic E-state index is 8.03. The van der Waals surface area contributed by atoms with Crippen molar-refractivity contribution in [3.63, 3.8) is 0 Å². The Morgan fingerprint density at radius 3 is 2.83 bits per heavy atom. The minimum atomic E-state index is 0.163. The number of azide groups is 1. The van der Waals surface area contributed by atoms with Crippen molar-refractivity contribution in [2.75, 3.05) is 0 Å². The first-order chi connectivity index (χ1) is 5.72. The molecule has 0 amide bonds. The van der Waals surface area contributed by atoms with Crippen molar-refractivity contribution in [2.24, 2.45) is 5.11 Å². The fourth-order valence-corrected chi connectivity index (χ4v) is 1.21. The molecule has 0 atom stereocenters. The molecule has 0 bridgehead atoms. The molecule has 0 unspecified atom stereocenters. The van der Waals surface area contributed by atoms with Crippen LogP contribution in [0.5, 0.6) is 0 Å². The van der Waals surface area contributed by atoms with E-state index in [0.29, 0.717) is 15.9 Å². The third-order valence-electron chi connectivity index (χ3n) is 1.11. The molecule has 0 radical (unpaired) electrons. The summed E-state index contributed by atoms with van der Waals surface area (Å²) in [5.74, 6) is 0. The number of nitrogens with zero attached hydrogens (tertiary/aromatic N) is 4. The number of hydrogen-bond donors (Lipinski definition) is 0. The third kappa shape index (κ3) is 2.58. The average Bonchev–Trinajstić information content (AvgIpc) is 1.99. The van der Waals surface area contributed by atoms with Crippen LogP contribution >= 0.6 is 23.2 Å². The summed E-state index contributed by atoms with van der Waals surface area (Å²) < 4.78 is 0. The Hall–Kier alpha value is -0.960. The molecule has 0 aromatic carbocycles. The highest BCUT2D eigenvalue weighted by Crippen LogP contribution is 2.15. The second kappa shape index (κ2) is 4.16. The van der Waals surface area contributed by atoms with Gasteiger partial charge in [-0.05, 0) is 17.7 Å². The van der Waals surface area contributed by atoms with E-state index in [9.17, 15) is 0 Å². The van der Waals surface area contributed by atoms with Crippen molar-refractivity contribution in [3.8, 4) is 0 Å². The molecule has 12 heavy (non-hydrogen) atoms. The average molecular weight is 203 g/mol. The molecule has 1 aromatic rings. The van der Waals surface area contributed by atoms with Crippen molar-refractivity contribution >= 4 is 23.2 Å². The molecule has 4 nitrogen and oxygen atoms in total. The van der Waals surface area contributed by atoms with Crippen LogP contribution in [0.25, 0.3) is 10.4 Å². The highest BCUT2D eigenvalue weighted by Gasteiger charge is 1.97. The first-order valence-corrected chi connectivity index (χ1v) is 3.81. The molecule has 0 N–H and O–H groups in total. The Balaban J connectivity index is 2.92. The van der Waals surface area contributed by atoms with Crippen LogP contribution < -0.4 is 0 Å². The summed E-state index contributed by atoms with van der Waals surface area (Å²) in [6.07, 6.45) is 0. The lowest BCUT2D eigenvalue weighted by molar-refractivity contribution is 0.976. The summed E-state index contributed by atoms with van der Waals surface area (Å²) in [5.41, 5.74) is 8.59. The fourth-order valence-electron chi connectivity index (χ4n) is 0.701. The first-order valence-electron chi connectivity index (χ1n) is 3.05. The Morgan fingerprint density at radius 2 is 2.25 bits per heavy atom. The van der Waals surface area contributed by atoms with E-state index in [1.807, 2.05) is 0 Å². The highest BCUT2D eigenvalue weighted by atomic mass is 35.5. The normalized spacial score (nSPS) is 9.17. The van der Waals surface area contributed by atoms with E-state index in [1.165, 1.54) is 6.07 Å². The monoisotopic (exact) mass is 202 g/mol. The second-order valence-corrected chi connectivity index (χ2v) is 2.81. The van der Waals surface area contributed by atoms with Gasteiger partial charge in [0.15, 0.2) is 0 Å². The van der Waals surface area contributed by atoms with Gasteiger partial charge in [0.1, 0.15) is 5.15 Å². The molecule has 1 heterocycles. The number of halogens is 2. The lowest BCUT2D eigenvalue weighted by Gasteiger charge is -1.96. The molecular formula is C6H4Cl2N4. The zero-order chi connectivity index (χ0) is 8.97. The van der Waals surface area contributed by atoms with Crippen LogP contribution in [0.2, 0.25) is 10.2 Å². The Labute approximate surface area is 78.8 Å². The minimum Gasteiger partial charge on any atom is -0.241 e. The third-order valence-corrected chi connectivity index (χ3v) is 1.52. The van der Waals surface area contributed by atoms with Gasteiger partial charge in [0, 0.05) is 15.6 Å². The molecule has 0 fully saturated rings. The molecule has 6 heteroatoms. The zero-order valence-corrected chi connectivity index (χ0v) is 7.42. The van der Waals surface area contributed by atoms with Gasteiger partial charge in [-0.2, -0.15) is 0 Å². The molecule has 0 aliphatic heterocycles. The Morgan fingerprint density at radius 1 is 1.50 bits per heavy atom. The topological polar surface area (TPSA) is 61.7 Å². The quantitative estimate of drug-likeness (QED) is 0.315. The van der Waals surface area contributed by atoms with E-state index in [-0.39, 0.29) is 6.54 Å². The molecule has 0 saturated carbocycles. The Kier molecular flexibility index (Phi) is 3.17. The van der Waals surface area contributed by atoms with E-state index < -0.39 is 0 Å². The maximum Gasteiger partial charge on any atom is 0.130 e. The lowest BCUT2D eigenvalue weighted by atomic mass is 10.3. The molecule has 62 valence electrons. The van der Waals surface area contributed by atoms with Gasteiger partial charge < -0.3 is 0 Å². The van der Waals surface area contributed by atoms with Gasteiger partial charge in [-0.1, -0.05) is 28.3 Å². The van der Waals surface area contributed by atoms with Gasteiger partial charge in [0.05, 0.1) is 6.54 Å². The maximum atomic E-state index is 8.03. The van der Waals surface area contributed by atoms with Gasteiger partial charge in [-0.15, -0.1) is 0 Å². The van der Waals surface area contributed by atoms with E-state index in [2.05, 4.69) is 15.0 Å². The largest absolute Gasteiger partial charge is 0.241 e. The standard InChI is InChI=1S/C6H4Cl2N4/c7-4-1-5(3-10-12-9)11-6(8)2-4/h1-2H,3H2. The summed E-state index contributed by atoms with van der Waals surface area (Å²) in [4.78, 5) is 6.48. The number of pyridine rings is 1. The van der Waals surface area contributed by atoms with E-state index in [0.717, 1.165) is 0 Å². The van der Waals surface area contributed by atoms with Gasteiger partial charge in [0.25, 0.3) is 0 Å². The van der Waals surface area contributed by atoms with Crippen LogP contribution in [0.4, 0.5) is 0 Å².